The molecule has 2 amide bonds. The molecule has 0 bridgehead atoms. The topological polar surface area (TPSA) is 93.9 Å². The summed E-state index contributed by atoms with van der Waals surface area (Å²) in [7, 11) is 3.11. The smallest absolute Gasteiger partial charge is 0.227 e. The van der Waals surface area contributed by atoms with Gasteiger partial charge >= 0.3 is 0 Å². The summed E-state index contributed by atoms with van der Waals surface area (Å²) < 4.78 is 10.6. The van der Waals surface area contributed by atoms with E-state index in [9.17, 15) is 9.59 Å². The zero-order chi connectivity index (χ0) is 19.3. The molecule has 1 unspecified atom stereocenters. The Balaban J connectivity index is 2.08. The van der Waals surface area contributed by atoms with Crippen molar-refractivity contribution < 1.29 is 19.1 Å². The first-order valence-electron chi connectivity index (χ1n) is 8.96. The molecule has 1 aromatic carbocycles. The fourth-order valence-electron chi connectivity index (χ4n) is 3.03. The number of nitrogens with one attached hydrogen (secondary N) is 1. The third-order valence-electron chi connectivity index (χ3n) is 5.20. The van der Waals surface area contributed by atoms with Crippen LogP contribution < -0.4 is 25.4 Å². The van der Waals surface area contributed by atoms with E-state index in [-0.39, 0.29) is 18.2 Å². The van der Waals surface area contributed by atoms with Gasteiger partial charge in [0.05, 0.1) is 25.8 Å². The molecule has 1 aliphatic rings. The predicted octanol–water partition coefficient (Wildman–Crippen LogP) is 1.69. The minimum absolute atomic E-state index is 0.0985. The molecule has 1 fully saturated rings. The Hall–Kier alpha value is -2.28. The van der Waals surface area contributed by atoms with Gasteiger partial charge in [0, 0.05) is 31.1 Å². The minimum atomic E-state index is -0.406. The van der Waals surface area contributed by atoms with Crippen LogP contribution in [0.5, 0.6) is 11.5 Å². The average Bonchev–Trinajstić information content (AvgIpc) is 3.06. The van der Waals surface area contributed by atoms with Gasteiger partial charge in [-0.3, -0.25) is 9.59 Å². The molecule has 1 heterocycles. The van der Waals surface area contributed by atoms with Gasteiger partial charge in [0.15, 0.2) is 0 Å². The third-order valence-corrected chi connectivity index (χ3v) is 5.20. The van der Waals surface area contributed by atoms with Crippen molar-refractivity contribution in [3.8, 4) is 11.5 Å². The van der Waals surface area contributed by atoms with Crippen molar-refractivity contribution in [1.29, 1.82) is 0 Å². The molecule has 3 N–H and O–H groups in total. The molecule has 0 saturated carbocycles. The van der Waals surface area contributed by atoms with E-state index in [0.717, 1.165) is 12.8 Å². The van der Waals surface area contributed by atoms with E-state index in [4.69, 9.17) is 15.2 Å². The number of rotatable bonds is 8. The van der Waals surface area contributed by atoms with Crippen LogP contribution in [0.2, 0.25) is 0 Å². The number of hydrogen-bond donors (Lipinski definition) is 2. The van der Waals surface area contributed by atoms with Crippen LogP contribution >= 0.6 is 0 Å². The quantitative estimate of drug-likeness (QED) is 0.733. The molecule has 26 heavy (non-hydrogen) atoms. The summed E-state index contributed by atoms with van der Waals surface area (Å²) in [6.45, 7) is 4.75. The Labute approximate surface area is 154 Å². The standard InChI is InChI=1S/C19H29N3O4/c1-5-19(20,6-2)12-21-18(24)13-9-17(23)22(11-13)15-8-7-14(25-3)10-16(15)26-4/h7-8,10,13H,5-6,9,11-12,20H2,1-4H3,(H,21,24). The largest absolute Gasteiger partial charge is 0.497 e. The number of carbonyl (C=O) groups is 2. The highest BCUT2D eigenvalue weighted by Gasteiger charge is 2.37. The summed E-state index contributed by atoms with van der Waals surface area (Å²) in [4.78, 5) is 26.6. The van der Waals surface area contributed by atoms with Crippen molar-refractivity contribution >= 4 is 17.5 Å². The number of nitrogens with zero attached hydrogens (tertiary/aromatic N) is 1. The lowest BCUT2D eigenvalue weighted by Gasteiger charge is -2.27. The van der Waals surface area contributed by atoms with Gasteiger partial charge in [0.25, 0.3) is 0 Å². The maximum atomic E-state index is 12.5. The van der Waals surface area contributed by atoms with Crippen LogP contribution in [0.4, 0.5) is 5.69 Å². The SMILES string of the molecule is CCC(N)(CC)CNC(=O)C1CC(=O)N(c2ccc(OC)cc2OC)C1. The van der Waals surface area contributed by atoms with E-state index >= 15 is 0 Å². The van der Waals surface area contributed by atoms with E-state index in [2.05, 4.69) is 5.32 Å². The molecule has 0 aliphatic carbocycles. The second-order valence-corrected chi connectivity index (χ2v) is 6.73. The molecule has 1 saturated heterocycles. The highest BCUT2D eigenvalue weighted by molar-refractivity contribution is 6.01. The number of ether oxygens (including phenoxy) is 2. The van der Waals surface area contributed by atoms with Crippen molar-refractivity contribution in [1.82, 2.24) is 5.32 Å². The summed E-state index contributed by atoms with van der Waals surface area (Å²) in [6, 6.07) is 5.26. The molecule has 144 valence electrons. The van der Waals surface area contributed by atoms with Crippen LogP contribution in [-0.2, 0) is 9.59 Å². The zero-order valence-electron chi connectivity index (χ0n) is 16.0. The number of nitrogens with two attached hydrogens (primary N) is 1. The van der Waals surface area contributed by atoms with E-state index in [1.165, 1.54) is 0 Å². The fourth-order valence-corrected chi connectivity index (χ4v) is 3.03. The normalized spacial score (nSPS) is 17.3. The van der Waals surface area contributed by atoms with Gasteiger partial charge in [-0.05, 0) is 25.0 Å². The predicted molar refractivity (Wildman–Crippen MR) is 101 cm³/mol. The van der Waals surface area contributed by atoms with Gasteiger partial charge in [-0.15, -0.1) is 0 Å². The second kappa shape index (κ2) is 8.40. The van der Waals surface area contributed by atoms with Gasteiger partial charge in [-0.2, -0.15) is 0 Å². The van der Waals surface area contributed by atoms with E-state index in [1.54, 1.807) is 37.3 Å². The van der Waals surface area contributed by atoms with Gasteiger partial charge in [-0.1, -0.05) is 13.8 Å². The van der Waals surface area contributed by atoms with E-state index in [1.807, 2.05) is 13.8 Å². The number of hydrogen-bond acceptors (Lipinski definition) is 5. The zero-order valence-corrected chi connectivity index (χ0v) is 16.0. The molecular weight excluding hydrogens is 334 g/mol. The lowest BCUT2D eigenvalue weighted by atomic mass is 9.94. The number of anilines is 1. The maximum Gasteiger partial charge on any atom is 0.227 e. The number of methoxy groups -OCH3 is 2. The Bertz CT molecular complexity index is 658. The van der Waals surface area contributed by atoms with Crippen LogP contribution in [0, 0.1) is 5.92 Å². The second-order valence-electron chi connectivity index (χ2n) is 6.73. The Morgan fingerprint density at radius 1 is 1.31 bits per heavy atom. The molecule has 0 spiro atoms. The van der Waals surface area contributed by atoms with Crippen LogP contribution in [0.1, 0.15) is 33.1 Å². The highest BCUT2D eigenvalue weighted by atomic mass is 16.5. The van der Waals surface area contributed by atoms with Crippen molar-refractivity contribution in [3.05, 3.63) is 18.2 Å². The first kappa shape index (κ1) is 20.0. The lowest BCUT2D eigenvalue weighted by molar-refractivity contribution is -0.126. The molecule has 2 rings (SSSR count). The molecule has 1 aliphatic heterocycles. The lowest BCUT2D eigenvalue weighted by Crippen LogP contribution is -2.50. The number of carbonyl (C=O) groups excluding carboxylic acids is 2. The molecule has 0 aromatic heterocycles. The minimum Gasteiger partial charge on any atom is -0.497 e. The molecular formula is C19H29N3O4. The molecule has 7 heteroatoms. The maximum absolute atomic E-state index is 12.5. The van der Waals surface area contributed by atoms with Crippen LogP contribution in [-0.4, -0.2) is 44.7 Å². The van der Waals surface area contributed by atoms with Gasteiger partial charge in [0.2, 0.25) is 11.8 Å². The summed E-state index contributed by atoms with van der Waals surface area (Å²) in [6.07, 6.45) is 1.74. The molecule has 1 atom stereocenters. The Morgan fingerprint density at radius 3 is 2.58 bits per heavy atom. The summed E-state index contributed by atoms with van der Waals surface area (Å²) in [5, 5.41) is 2.91. The third kappa shape index (κ3) is 4.27. The van der Waals surface area contributed by atoms with Gasteiger partial charge < -0.3 is 25.4 Å². The van der Waals surface area contributed by atoms with E-state index in [0.29, 0.717) is 30.3 Å². The monoisotopic (exact) mass is 363 g/mol. The molecule has 7 nitrogen and oxygen atoms in total. The summed E-state index contributed by atoms with van der Waals surface area (Å²) in [5.41, 5.74) is 6.47. The van der Waals surface area contributed by atoms with Crippen LogP contribution in [0.25, 0.3) is 0 Å². The van der Waals surface area contributed by atoms with Gasteiger partial charge in [-0.25, -0.2) is 0 Å². The summed E-state index contributed by atoms with van der Waals surface area (Å²) >= 11 is 0. The Morgan fingerprint density at radius 2 is 2.00 bits per heavy atom. The average molecular weight is 363 g/mol. The van der Waals surface area contributed by atoms with Crippen molar-refractivity contribution in [2.75, 3.05) is 32.2 Å². The highest BCUT2D eigenvalue weighted by Crippen LogP contribution is 2.35. The molecule has 1 aromatic rings. The Kier molecular flexibility index (Phi) is 6.47. The number of amides is 2. The van der Waals surface area contributed by atoms with Crippen molar-refractivity contribution in [3.63, 3.8) is 0 Å². The number of benzene rings is 1. The van der Waals surface area contributed by atoms with Crippen molar-refractivity contribution in [2.45, 2.75) is 38.6 Å². The fraction of sp³-hybridized carbons (Fsp3) is 0.579. The summed E-state index contributed by atoms with van der Waals surface area (Å²) in [5.74, 6) is 0.553. The first-order valence-corrected chi connectivity index (χ1v) is 8.96. The van der Waals surface area contributed by atoms with Crippen molar-refractivity contribution in [2.24, 2.45) is 11.7 Å². The van der Waals surface area contributed by atoms with Gasteiger partial charge in [0.1, 0.15) is 11.5 Å². The van der Waals surface area contributed by atoms with Crippen LogP contribution in [0.15, 0.2) is 18.2 Å². The van der Waals surface area contributed by atoms with Crippen LogP contribution in [0.3, 0.4) is 0 Å². The first-order chi connectivity index (χ1) is 12.4. The van der Waals surface area contributed by atoms with E-state index < -0.39 is 11.5 Å². The molecule has 0 radical (unpaired) electrons.